The van der Waals surface area contributed by atoms with Crippen LogP contribution in [0.4, 0.5) is 0 Å². The Morgan fingerprint density at radius 1 is 0.860 bits per heavy atom. The molecule has 12 nitrogen and oxygen atoms in total. The lowest BCUT2D eigenvalue weighted by atomic mass is 9.67. The normalized spacial score (nSPS) is 42.8. The van der Waals surface area contributed by atoms with Crippen LogP contribution in [0.25, 0.3) is 0 Å². The lowest BCUT2D eigenvalue weighted by Crippen LogP contribution is -2.59. The second kappa shape index (κ2) is 19.0. The predicted octanol–water partition coefficient (Wildman–Crippen LogP) is 6.43. The molecule has 0 spiro atoms. The summed E-state index contributed by atoms with van der Waals surface area (Å²) in [6.45, 7) is 14.0. The van der Waals surface area contributed by atoms with Crippen molar-refractivity contribution in [2.45, 2.75) is 174 Å². The van der Waals surface area contributed by atoms with Crippen molar-refractivity contribution in [2.24, 2.45) is 41.4 Å². The molecule has 4 fully saturated rings. The molecule has 0 aromatic heterocycles. The van der Waals surface area contributed by atoms with Gasteiger partial charge < -0.3 is 42.8 Å². The first-order valence-electron chi connectivity index (χ1n) is 21.8. The van der Waals surface area contributed by atoms with Crippen LogP contribution in [-0.4, -0.2) is 118 Å². The standard InChI is InChI=1S/C45H71NO11/c1-12-28-14-13-15-37(57-39-17-16-36(26(6)53-39)46(8)44(49)23(2)3)25(5)40(48)35-21-33-31(34(35)22-38(47)55-28)18-24(4)30-19-29(20-32(30)33)56-45-43(52-11)42(51-10)41(50-9)27(7)54-45/h18,21,23,25-34,36-37,39,41-43,45H,12-17,19-20,22H2,1-11H3/t25-,26?,27?,28+,29-,30+,31-,32-,33-,34+,36+,37+,39+,41+,42-,43?,45+/m1/s1. The lowest BCUT2D eigenvalue weighted by Gasteiger charge is -2.44. The van der Waals surface area contributed by atoms with Crippen LogP contribution < -0.4 is 0 Å². The van der Waals surface area contributed by atoms with Gasteiger partial charge in [-0.2, -0.15) is 0 Å². The molecule has 322 valence electrons. The minimum atomic E-state index is -0.616. The predicted molar refractivity (Wildman–Crippen MR) is 213 cm³/mol. The number of cyclic esters (lactones) is 1. The van der Waals surface area contributed by atoms with Gasteiger partial charge in [-0.3, -0.25) is 14.4 Å². The van der Waals surface area contributed by atoms with Crippen LogP contribution >= 0.6 is 0 Å². The fourth-order valence-corrected chi connectivity index (χ4v) is 11.2. The molecule has 3 heterocycles. The van der Waals surface area contributed by atoms with Crippen LogP contribution in [0.3, 0.4) is 0 Å². The van der Waals surface area contributed by atoms with E-state index < -0.39 is 24.6 Å². The Bertz CT molecular complexity index is 1480. The first-order valence-corrected chi connectivity index (χ1v) is 21.8. The van der Waals surface area contributed by atoms with Gasteiger partial charge in [0.1, 0.15) is 24.4 Å². The Morgan fingerprint density at radius 2 is 1.58 bits per heavy atom. The van der Waals surface area contributed by atoms with Gasteiger partial charge in [-0.25, -0.2) is 0 Å². The number of carbonyl (C=O) groups is 3. The first kappa shape index (κ1) is 44.4. The van der Waals surface area contributed by atoms with Crippen molar-refractivity contribution in [1.82, 2.24) is 4.90 Å². The van der Waals surface area contributed by atoms with Gasteiger partial charge in [-0.15, -0.1) is 0 Å². The third-order valence-corrected chi connectivity index (χ3v) is 14.3. The van der Waals surface area contributed by atoms with Gasteiger partial charge in [-0.05, 0) is 95.0 Å². The second-order valence-corrected chi connectivity index (χ2v) is 18.1. The molecule has 1 saturated carbocycles. The quantitative estimate of drug-likeness (QED) is 0.179. The molecule has 0 radical (unpaired) electrons. The van der Waals surface area contributed by atoms with E-state index in [9.17, 15) is 14.4 Å². The summed E-state index contributed by atoms with van der Waals surface area (Å²) >= 11 is 0. The van der Waals surface area contributed by atoms with E-state index in [2.05, 4.69) is 26.0 Å². The van der Waals surface area contributed by atoms with Crippen LogP contribution in [0.15, 0.2) is 23.3 Å². The molecular formula is C45H71NO11. The summed E-state index contributed by atoms with van der Waals surface area (Å²) in [5, 5.41) is 0. The Labute approximate surface area is 341 Å². The molecule has 6 aliphatic rings. The Balaban J connectivity index is 1.21. The van der Waals surface area contributed by atoms with Crippen molar-refractivity contribution in [3.63, 3.8) is 0 Å². The number of methoxy groups -OCH3 is 3. The minimum Gasteiger partial charge on any atom is -0.462 e. The van der Waals surface area contributed by atoms with Crippen LogP contribution in [0.1, 0.15) is 106 Å². The van der Waals surface area contributed by atoms with E-state index in [1.54, 1.807) is 21.3 Å². The number of ether oxygens (including phenoxy) is 8. The van der Waals surface area contributed by atoms with Gasteiger partial charge in [0, 0.05) is 52.6 Å². The molecule has 0 aromatic rings. The Hall–Kier alpha value is -2.19. The smallest absolute Gasteiger partial charge is 0.306 e. The molecule has 57 heavy (non-hydrogen) atoms. The minimum absolute atomic E-state index is 0.00842. The van der Waals surface area contributed by atoms with Gasteiger partial charge in [-0.1, -0.05) is 45.4 Å². The highest BCUT2D eigenvalue weighted by Gasteiger charge is 2.54. The molecule has 17 atom stereocenters. The maximum atomic E-state index is 14.8. The van der Waals surface area contributed by atoms with Crippen LogP contribution in [0.5, 0.6) is 0 Å². The maximum absolute atomic E-state index is 14.8. The first-order chi connectivity index (χ1) is 27.2. The molecule has 12 heteroatoms. The number of nitrogens with zero attached hydrogens (tertiary/aromatic N) is 1. The number of ketones is 1. The molecule has 3 saturated heterocycles. The Morgan fingerprint density at radius 3 is 2.23 bits per heavy atom. The Kier molecular flexibility index (Phi) is 14.8. The van der Waals surface area contributed by atoms with E-state index in [1.807, 2.05) is 46.6 Å². The van der Waals surface area contributed by atoms with E-state index in [0.717, 1.165) is 37.7 Å². The number of fused-ring (bicyclic) bond motifs is 5. The van der Waals surface area contributed by atoms with Crippen LogP contribution in [0.2, 0.25) is 0 Å². The molecule has 3 aliphatic carbocycles. The molecule has 6 rings (SSSR count). The molecular weight excluding hydrogens is 730 g/mol. The number of hydrogen-bond donors (Lipinski definition) is 0. The highest BCUT2D eigenvalue weighted by atomic mass is 16.7. The van der Waals surface area contributed by atoms with Gasteiger partial charge in [0.2, 0.25) is 5.91 Å². The fourth-order valence-electron chi connectivity index (χ4n) is 11.2. The summed E-state index contributed by atoms with van der Waals surface area (Å²) in [5.74, 6) is -0.264. The van der Waals surface area contributed by atoms with Crippen molar-refractivity contribution in [2.75, 3.05) is 28.4 Å². The molecule has 1 amide bonds. The van der Waals surface area contributed by atoms with E-state index in [4.69, 9.17) is 37.9 Å². The topological polar surface area (TPSA) is 128 Å². The van der Waals surface area contributed by atoms with Gasteiger partial charge in [0.15, 0.2) is 18.4 Å². The number of rotatable bonds is 10. The van der Waals surface area contributed by atoms with Crippen molar-refractivity contribution in [3.05, 3.63) is 23.3 Å². The number of esters is 1. The number of amides is 1. The molecule has 3 aliphatic heterocycles. The summed E-state index contributed by atoms with van der Waals surface area (Å²) in [7, 11) is 6.82. The molecule has 0 N–H and O–H groups in total. The van der Waals surface area contributed by atoms with Crippen molar-refractivity contribution in [3.8, 4) is 0 Å². The van der Waals surface area contributed by atoms with Gasteiger partial charge in [0.05, 0.1) is 36.9 Å². The van der Waals surface area contributed by atoms with Crippen LogP contribution in [-0.2, 0) is 52.3 Å². The van der Waals surface area contributed by atoms with E-state index in [0.29, 0.717) is 19.3 Å². The highest BCUT2D eigenvalue weighted by Crippen LogP contribution is 2.56. The van der Waals surface area contributed by atoms with Gasteiger partial charge >= 0.3 is 5.97 Å². The van der Waals surface area contributed by atoms with Crippen molar-refractivity contribution >= 4 is 17.7 Å². The SMILES string of the molecule is CC[C@H]1CCC[C@H](O[C@H]2CC[C@H](N(C)C(=O)C(C)C)C(C)O2)[C@@H](C)C(=O)C2=C[C@@H]3[C@@H](C=C(C)[C@@H]4C[C@@H](O[C@@H]5OC(C)[C@H](OC)[C@@H](OC)C5OC)C[C@@H]34)[C@@H]2CC(=O)O1. The number of allylic oxidation sites excluding steroid dienone is 4. The third-order valence-electron chi connectivity index (χ3n) is 14.3. The molecule has 0 bridgehead atoms. The zero-order valence-electron chi connectivity index (χ0n) is 36.3. The number of hydrogen-bond acceptors (Lipinski definition) is 11. The summed E-state index contributed by atoms with van der Waals surface area (Å²) in [6.07, 6.45) is 7.33. The molecule has 0 aromatic carbocycles. The molecule has 3 unspecified atom stereocenters. The van der Waals surface area contributed by atoms with Crippen LogP contribution in [0, 0.1) is 41.4 Å². The summed E-state index contributed by atoms with van der Waals surface area (Å²) < 4.78 is 49.8. The number of carbonyl (C=O) groups excluding carboxylic acids is 3. The summed E-state index contributed by atoms with van der Waals surface area (Å²) in [5.41, 5.74) is 2.02. The number of likely N-dealkylation sites (N-methyl/N-ethyl adjacent to an activating group) is 1. The average molecular weight is 802 g/mol. The summed E-state index contributed by atoms with van der Waals surface area (Å²) in [6, 6.07) is -0.0331. The monoisotopic (exact) mass is 802 g/mol. The second-order valence-electron chi connectivity index (χ2n) is 18.1. The fraction of sp³-hybridized carbons (Fsp3) is 0.844. The van der Waals surface area contributed by atoms with E-state index >= 15 is 0 Å². The van der Waals surface area contributed by atoms with E-state index in [1.165, 1.54) is 5.57 Å². The zero-order valence-corrected chi connectivity index (χ0v) is 36.3. The zero-order chi connectivity index (χ0) is 41.3. The van der Waals surface area contributed by atoms with Gasteiger partial charge in [0.25, 0.3) is 0 Å². The largest absolute Gasteiger partial charge is 0.462 e. The maximum Gasteiger partial charge on any atom is 0.306 e. The van der Waals surface area contributed by atoms with E-state index in [-0.39, 0.29) is 108 Å². The van der Waals surface area contributed by atoms with Crippen molar-refractivity contribution < 1.29 is 52.3 Å². The number of Topliss-reactive ketones (excluding diaryl/α,β-unsaturated/α-hetero) is 1. The average Bonchev–Trinajstić information content (AvgIpc) is 3.77. The van der Waals surface area contributed by atoms with Crippen molar-refractivity contribution in [1.29, 1.82) is 0 Å². The summed E-state index contributed by atoms with van der Waals surface area (Å²) in [4.78, 5) is 43.1. The lowest BCUT2D eigenvalue weighted by molar-refractivity contribution is -0.314. The highest BCUT2D eigenvalue weighted by molar-refractivity contribution is 5.99. The third kappa shape index (κ3) is 9.27.